The Labute approximate surface area is 547 Å². The van der Waals surface area contributed by atoms with Gasteiger partial charge in [0.1, 0.15) is 31.2 Å². The number of nitrogens with zero attached hydrogens (tertiary/aromatic N) is 4. The van der Waals surface area contributed by atoms with E-state index < -0.39 is 12.1 Å². The molecule has 2 aromatic heterocycles. The van der Waals surface area contributed by atoms with Crippen molar-refractivity contribution < 1.29 is 28.7 Å². The van der Waals surface area contributed by atoms with Crippen LogP contribution in [0.15, 0.2) is 77.8 Å². The topological polar surface area (TPSA) is 177 Å². The maximum Gasteiger partial charge on any atom is 0.238 e. The van der Waals surface area contributed by atoms with E-state index in [9.17, 15) is 24.0 Å². The number of Topliss-reactive ketones (excluding diaryl/α,β-unsaturated/α-hetero) is 1. The van der Waals surface area contributed by atoms with Crippen molar-refractivity contribution >= 4 is 53.3 Å². The third kappa shape index (κ3) is 37.5. The van der Waals surface area contributed by atoms with E-state index in [4.69, 9.17) is 20.4 Å². The lowest BCUT2D eigenvalue weighted by atomic mass is 9.82. The van der Waals surface area contributed by atoms with Crippen molar-refractivity contribution in [3.63, 3.8) is 0 Å². The van der Waals surface area contributed by atoms with Crippen LogP contribution in [0.5, 0.6) is 5.75 Å². The van der Waals surface area contributed by atoms with Crippen LogP contribution >= 0.6 is 11.3 Å². The van der Waals surface area contributed by atoms with E-state index in [1.807, 2.05) is 123 Å². The minimum absolute atomic E-state index is 0.0645. The zero-order valence-corrected chi connectivity index (χ0v) is 60.7. The molecule has 4 atom stereocenters. The molecular formula is C75H127N7O6S. The molecule has 0 bridgehead atoms. The summed E-state index contributed by atoms with van der Waals surface area (Å²) in [6, 6.07) is 19.1. The van der Waals surface area contributed by atoms with Crippen molar-refractivity contribution in [2.24, 2.45) is 28.9 Å². The molecule has 89 heavy (non-hydrogen) atoms. The minimum Gasteiger partial charge on any atom is -0.492 e. The predicted octanol–water partition coefficient (Wildman–Crippen LogP) is 17.5. The molecule has 0 spiro atoms. The molecule has 6 rings (SSSR count). The number of anilines is 1. The molecule has 1 amide bonds. The third-order valence-electron chi connectivity index (χ3n) is 14.6. The number of aldehydes is 3. The van der Waals surface area contributed by atoms with Gasteiger partial charge < -0.3 is 40.4 Å². The highest BCUT2D eigenvalue weighted by atomic mass is 32.1. The molecule has 4 N–H and O–H groups in total. The number of hydrogen-bond donors (Lipinski definition) is 3. The van der Waals surface area contributed by atoms with Gasteiger partial charge in [0, 0.05) is 65.3 Å². The Hall–Kier alpha value is -5.41. The van der Waals surface area contributed by atoms with Gasteiger partial charge in [-0.1, -0.05) is 179 Å². The quantitative estimate of drug-likeness (QED) is 0.0321. The highest BCUT2D eigenvalue weighted by Crippen LogP contribution is 2.38. The van der Waals surface area contributed by atoms with E-state index in [0.29, 0.717) is 30.6 Å². The fourth-order valence-electron chi connectivity index (χ4n) is 9.02. The standard InChI is InChI=1S/C38H55N5O2S.C13H19NO2.C7H14O.C6H15N.C4H6O.C3H6.2C2H6/c1-12-38(8,9)22-27(7)36(31-15-14-20-39-34(31)25(3)4)43(13-2)30-18-16-28(17-19-30)32-24-46-33(41-32)21-29(23-44)40-37(45)35(26(5)6)42(10)11;1-3-4-13(15)12(14)9-16-11-7-5-10(2)6-8-11;1-3-5-7(4-2)6-8;1-3-4-5-6-7-2;5-3-4-1-2-4;1-2-3-1;2*1-2/h14-20,23-26,29,35H,12-13,21-22H2,1-11H3,(H,40,45);5-8,12H,3-4,9,14H2,1-2H3;6-7H,3-5H2,1-2H3;7H,3-6H2,1-2H3;3-4H,1-2H2;1-3H2;2*1-2H3/b36-27+;;;;;;;/t;12-;;;;;;/m.1....../s1. The lowest BCUT2D eigenvalue weighted by Gasteiger charge is -2.32. The van der Waals surface area contributed by atoms with E-state index in [-0.39, 0.29) is 35.7 Å². The molecule has 0 aliphatic heterocycles. The Morgan fingerprint density at radius 1 is 0.843 bits per heavy atom. The van der Waals surface area contributed by atoms with E-state index >= 15 is 0 Å². The van der Waals surface area contributed by atoms with Crippen LogP contribution in [-0.4, -0.2) is 104 Å². The summed E-state index contributed by atoms with van der Waals surface area (Å²) in [6.07, 6.45) is 22.6. The van der Waals surface area contributed by atoms with Gasteiger partial charge in [-0.2, -0.15) is 0 Å². The van der Waals surface area contributed by atoms with Gasteiger partial charge in [-0.05, 0) is 153 Å². The number of ketones is 1. The number of likely N-dealkylation sites (N-methyl/N-ethyl adjacent to an activating group) is 1. The summed E-state index contributed by atoms with van der Waals surface area (Å²) < 4.78 is 5.44. The van der Waals surface area contributed by atoms with E-state index in [2.05, 4.69) is 115 Å². The Kier molecular flexibility index (Phi) is 49.3. The summed E-state index contributed by atoms with van der Waals surface area (Å²) in [7, 11) is 5.76. The van der Waals surface area contributed by atoms with Crippen molar-refractivity contribution in [3.8, 4) is 17.0 Å². The first-order valence-electron chi connectivity index (χ1n) is 34.0. The number of aryl methyl sites for hydroxylation is 1. The smallest absolute Gasteiger partial charge is 0.238 e. The number of amides is 1. The number of thiazole rings is 1. The monoisotopic (exact) mass is 1250 g/mol. The molecule has 2 saturated carbocycles. The van der Waals surface area contributed by atoms with E-state index in [0.717, 1.165) is 110 Å². The van der Waals surface area contributed by atoms with Crippen LogP contribution in [0.3, 0.4) is 0 Å². The molecule has 0 radical (unpaired) electrons. The number of nitrogens with one attached hydrogen (secondary N) is 2. The number of unbranched alkanes of at least 4 members (excludes halogenated alkanes) is 2. The number of carbonyl (C=O) groups is 5. The molecule has 504 valence electrons. The van der Waals surface area contributed by atoms with Gasteiger partial charge in [-0.25, -0.2) is 4.98 Å². The highest BCUT2D eigenvalue weighted by Gasteiger charge is 2.28. The summed E-state index contributed by atoms with van der Waals surface area (Å²) in [5, 5.41) is 8.86. The lowest BCUT2D eigenvalue weighted by Crippen LogP contribution is -2.50. The number of nitrogens with two attached hydrogens (primary N) is 1. The number of aromatic nitrogens is 2. The molecule has 0 saturated heterocycles. The summed E-state index contributed by atoms with van der Waals surface area (Å²) in [5.41, 5.74) is 15.0. The molecule has 2 aliphatic rings. The van der Waals surface area contributed by atoms with Crippen LogP contribution in [0.2, 0.25) is 0 Å². The Balaban J connectivity index is 0. The van der Waals surface area contributed by atoms with Gasteiger partial charge in [0.05, 0.1) is 34.5 Å². The van der Waals surface area contributed by atoms with Crippen molar-refractivity contribution in [3.05, 3.63) is 99.6 Å². The first-order chi connectivity index (χ1) is 42.5. The second-order valence-electron chi connectivity index (χ2n) is 24.3. The predicted molar refractivity (Wildman–Crippen MR) is 382 cm³/mol. The fraction of sp³-hybridized carbons (Fsp3) is 0.640. The van der Waals surface area contributed by atoms with E-state index in [1.54, 1.807) is 0 Å². The van der Waals surface area contributed by atoms with Crippen molar-refractivity contribution in [2.75, 3.05) is 45.7 Å². The lowest BCUT2D eigenvalue weighted by molar-refractivity contribution is -0.129. The molecule has 3 unspecified atom stereocenters. The molecule has 2 aliphatic carbocycles. The first-order valence-corrected chi connectivity index (χ1v) is 34.9. The maximum atomic E-state index is 12.9. The number of pyridine rings is 1. The number of benzene rings is 2. The number of carbonyl (C=O) groups excluding carboxylic acids is 5. The minimum atomic E-state index is -0.623. The summed E-state index contributed by atoms with van der Waals surface area (Å²) in [6.45, 7) is 40.4. The fourth-order valence-corrected chi connectivity index (χ4v) is 9.88. The maximum absolute atomic E-state index is 12.9. The molecule has 2 aromatic carbocycles. The van der Waals surface area contributed by atoms with Gasteiger partial charge in [-0.3, -0.25) is 19.5 Å². The van der Waals surface area contributed by atoms with Crippen LogP contribution in [0.4, 0.5) is 5.69 Å². The Morgan fingerprint density at radius 2 is 1.46 bits per heavy atom. The van der Waals surface area contributed by atoms with Gasteiger partial charge in [0.15, 0.2) is 5.78 Å². The van der Waals surface area contributed by atoms with Gasteiger partial charge in [0.25, 0.3) is 0 Å². The molecule has 2 heterocycles. The SMILES string of the molecule is C1CC1.CC.CC.CCCC(=O)[C@H](N)COc1ccc(C)cc1.CCCC(C=O)CC.CCCCCNC.CCN(/C(=C(\C)CC(C)(C)CC)c1cccnc1C(C)C)c1ccc(-c2csc(CC(C=O)NC(=O)C(C(C)C)N(C)C)n2)cc1.O=CC1CC1. The third-order valence-corrected chi connectivity index (χ3v) is 15.5. The number of ether oxygens (including phenoxy) is 1. The zero-order valence-electron chi connectivity index (χ0n) is 59.9. The number of allylic oxidation sites excluding steroid dienone is 1. The van der Waals surface area contributed by atoms with Crippen molar-refractivity contribution in [1.82, 2.24) is 25.5 Å². The molecule has 4 aromatic rings. The molecule has 2 fully saturated rings. The first kappa shape index (κ1) is 85.7. The number of hydrogen-bond acceptors (Lipinski definition) is 13. The second kappa shape index (κ2) is 51.2. The van der Waals surface area contributed by atoms with Crippen LogP contribution in [0.25, 0.3) is 17.0 Å². The van der Waals surface area contributed by atoms with Gasteiger partial charge in [0.2, 0.25) is 5.91 Å². The number of rotatable bonds is 31. The van der Waals surface area contributed by atoms with Crippen LogP contribution in [0, 0.1) is 30.1 Å². The highest BCUT2D eigenvalue weighted by molar-refractivity contribution is 7.10. The van der Waals surface area contributed by atoms with E-state index in [1.165, 1.54) is 78.8 Å². The van der Waals surface area contributed by atoms with Crippen LogP contribution < -0.4 is 26.0 Å². The van der Waals surface area contributed by atoms with Crippen molar-refractivity contribution in [1.29, 1.82) is 0 Å². The van der Waals surface area contributed by atoms with Crippen LogP contribution in [-0.2, 0) is 30.4 Å². The largest absolute Gasteiger partial charge is 0.492 e. The molecular weight excluding hydrogens is 1130 g/mol. The average molecular weight is 1250 g/mol. The van der Waals surface area contributed by atoms with Crippen LogP contribution in [0.1, 0.15) is 242 Å². The Morgan fingerprint density at radius 3 is 1.89 bits per heavy atom. The zero-order chi connectivity index (χ0) is 67.9. The second-order valence-corrected chi connectivity index (χ2v) is 25.3. The normalized spacial score (nSPS) is 13.5. The summed E-state index contributed by atoms with van der Waals surface area (Å²) >= 11 is 1.51. The Bertz CT molecular complexity index is 2470. The average Bonchev–Trinajstić information content (AvgIpc) is 1.61. The summed E-state index contributed by atoms with van der Waals surface area (Å²) in [5.74, 6) is 1.88. The summed E-state index contributed by atoms with van der Waals surface area (Å²) in [4.78, 5) is 69.9. The van der Waals surface area contributed by atoms with Gasteiger partial charge in [-0.15, -0.1) is 11.3 Å². The molecule has 13 nitrogen and oxygen atoms in total. The molecule has 14 heteroatoms. The van der Waals surface area contributed by atoms with Crippen molar-refractivity contribution in [2.45, 2.75) is 251 Å². The van der Waals surface area contributed by atoms with Gasteiger partial charge >= 0.3 is 0 Å².